The van der Waals surface area contributed by atoms with Gasteiger partial charge in [0.25, 0.3) is 5.91 Å². The minimum Gasteiger partial charge on any atom is -0.493 e. The average Bonchev–Trinajstić information content (AvgIpc) is 2.66. The van der Waals surface area contributed by atoms with Crippen LogP contribution in [0.4, 0.5) is 0 Å². The summed E-state index contributed by atoms with van der Waals surface area (Å²) in [6.45, 7) is 10.8. The summed E-state index contributed by atoms with van der Waals surface area (Å²) in [5.74, 6) is 2.68. The minimum absolute atomic E-state index is 0.0823. The first-order valence-electron chi connectivity index (χ1n) is 9.86. The highest BCUT2D eigenvalue weighted by molar-refractivity contribution is 5.95. The lowest BCUT2D eigenvalue weighted by molar-refractivity contribution is 0.0690. The number of nitrogens with zero attached hydrogens (tertiary/aromatic N) is 1. The van der Waals surface area contributed by atoms with Crippen LogP contribution in [-0.4, -0.2) is 50.7 Å². The summed E-state index contributed by atoms with van der Waals surface area (Å²) in [7, 11) is 1.62. The van der Waals surface area contributed by atoms with Crippen molar-refractivity contribution in [3.8, 4) is 11.5 Å². The molecule has 1 aliphatic heterocycles. The van der Waals surface area contributed by atoms with Gasteiger partial charge in [-0.1, -0.05) is 20.8 Å². The van der Waals surface area contributed by atoms with Crippen LogP contribution in [0.5, 0.6) is 11.5 Å². The van der Waals surface area contributed by atoms with Gasteiger partial charge in [0, 0.05) is 18.7 Å². The topological polar surface area (TPSA) is 50.8 Å². The summed E-state index contributed by atoms with van der Waals surface area (Å²) in [4.78, 5) is 14.8. The van der Waals surface area contributed by atoms with Crippen molar-refractivity contribution in [3.05, 3.63) is 23.8 Å². The van der Waals surface area contributed by atoms with Gasteiger partial charge in [0.1, 0.15) is 0 Å². The van der Waals surface area contributed by atoms with E-state index in [0.29, 0.717) is 35.5 Å². The highest BCUT2D eigenvalue weighted by atomic mass is 16.5. The van der Waals surface area contributed by atoms with E-state index in [1.165, 1.54) is 0 Å². The maximum Gasteiger partial charge on any atom is 0.253 e. The Kier molecular flexibility index (Phi) is 8.23. The number of nitrogens with one attached hydrogen (secondary N) is 1. The Morgan fingerprint density at radius 3 is 2.62 bits per heavy atom. The monoisotopic (exact) mass is 362 g/mol. The molecule has 1 saturated heterocycles. The number of methoxy groups -OCH3 is 1. The van der Waals surface area contributed by atoms with E-state index < -0.39 is 0 Å². The van der Waals surface area contributed by atoms with E-state index in [1.807, 2.05) is 17.0 Å². The number of carbonyl (C=O) groups excluding carboxylic acids is 1. The molecule has 0 unspecified atom stereocenters. The molecule has 0 saturated carbocycles. The number of likely N-dealkylation sites (tertiary alicyclic amines) is 1. The molecule has 5 heteroatoms. The maximum atomic E-state index is 12.8. The van der Waals surface area contributed by atoms with E-state index in [4.69, 9.17) is 9.47 Å². The van der Waals surface area contributed by atoms with Gasteiger partial charge in [0.2, 0.25) is 0 Å². The molecule has 1 fully saturated rings. The van der Waals surface area contributed by atoms with E-state index >= 15 is 0 Å². The first kappa shape index (κ1) is 20.6. The van der Waals surface area contributed by atoms with E-state index in [0.717, 1.165) is 45.4 Å². The third-order valence-corrected chi connectivity index (χ3v) is 4.95. The molecule has 5 nitrogen and oxygen atoms in total. The van der Waals surface area contributed by atoms with Crippen LogP contribution in [0.25, 0.3) is 0 Å². The molecule has 1 amide bonds. The summed E-state index contributed by atoms with van der Waals surface area (Å²) in [5, 5.41) is 3.40. The van der Waals surface area contributed by atoms with Crippen LogP contribution in [-0.2, 0) is 0 Å². The molecule has 2 rings (SSSR count). The fourth-order valence-electron chi connectivity index (χ4n) is 3.20. The molecule has 0 bridgehead atoms. The molecular formula is C21H34N2O3. The van der Waals surface area contributed by atoms with Gasteiger partial charge >= 0.3 is 0 Å². The van der Waals surface area contributed by atoms with Gasteiger partial charge in [-0.15, -0.1) is 0 Å². The zero-order valence-corrected chi connectivity index (χ0v) is 16.7. The number of piperidine rings is 1. The Morgan fingerprint density at radius 1 is 1.27 bits per heavy atom. The molecule has 1 aromatic carbocycles. The number of benzene rings is 1. The zero-order valence-electron chi connectivity index (χ0n) is 16.7. The van der Waals surface area contributed by atoms with Crippen LogP contribution >= 0.6 is 0 Å². The van der Waals surface area contributed by atoms with E-state index in [2.05, 4.69) is 26.1 Å². The Labute approximate surface area is 158 Å². The van der Waals surface area contributed by atoms with Crippen LogP contribution in [0.2, 0.25) is 0 Å². The van der Waals surface area contributed by atoms with Crippen molar-refractivity contribution < 1.29 is 14.3 Å². The minimum atomic E-state index is 0.0823. The number of rotatable bonds is 9. The van der Waals surface area contributed by atoms with Crippen molar-refractivity contribution >= 4 is 5.91 Å². The summed E-state index contributed by atoms with van der Waals surface area (Å²) in [6.07, 6.45) is 3.12. The lowest BCUT2D eigenvalue weighted by atomic mass is 9.96. The molecule has 26 heavy (non-hydrogen) atoms. The molecule has 1 heterocycles. The van der Waals surface area contributed by atoms with Gasteiger partial charge in [-0.3, -0.25) is 4.79 Å². The number of ether oxygens (including phenoxy) is 2. The third kappa shape index (κ3) is 5.90. The van der Waals surface area contributed by atoms with E-state index in [-0.39, 0.29) is 5.91 Å². The summed E-state index contributed by atoms with van der Waals surface area (Å²) in [5.41, 5.74) is 0.670. The van der Waals surface area contributed by atoms with Gasteiger partial charge < -0.3 is 19.7 Å². The number of hydrogen-bond donors (Lipinski definition) is 1. The fourth-order valence-corrected chi connectivity index (χ4v) is 3.20. The lowest BCUT2D eigenvalue weighted by Gasteiger charge is -2.32. The largest absolute Gasteiger partial charge is 0.493 e. The first-order chi connectivity index (χ1) is 12.5. The SMILES string of the molecule is CCNCC1CCN(C(=O)c2ccc(OCCC(C)C)c(OC)c2)CC1. The van der Waals surface area contributed by atoms with Gasteiger partial charge in [0.15, 0.2) is 11.5 Å². The second kappa shape index (κ2) is 10.4. The smallest absolute Gasteiger partial charge is 0.253 e. The number of carbonyl (C=O) groups is 1. The Bertz CT molecular complexity index is 566. The molecule has 0 aromatic heterocycles. The van der Waals surface area contributed by atoms with Gasteiger partial charge in [-0.2, -0.15) is 0 Å². The highest BCUT2D eigenvalue weighted by Gasteiger charge is 2.24. The third-order valence-electron chi connectivity index (χ3n) is 4.95. The Hall–Kier alpha value is -1.75. The van der Waals surface area contributed by atoms with E-state index in [1.54, 1.807) is 13.2 Å². The molecule has 1 aromatic rings. The molecular weight excluding hydrogens is 328 g/mol. The maximum absolute atomic E-state index is 12.8. The Morgan fingerprint density at radius 2 is 2.00 bits per heavy atom. The standard InChI is InChI=1S/C21H34N2O3/c1-5-22-15-17-8-11-23(12-9-17)21(24)18-6-7-19(20(14-18)25-4)26-13-10-16(2)3/h6-7,14,16-17,22H,5,8-13,15H2,1-4H3. The van der Waals surface area contributed by atoms with Crippen LogP contribution in [0.1, 0.15) is 50.4 Å². The van der Waals surface area contributed by atoms with Crippen LogP contribution in [0.15, 0.2) is 18.2 Å². The second-order valence-electron chi connectivity index (χ2n) is 7.44. The molecule has 1 aliphatic rings. The van der Waals surface area contributed by atoms with Crippen molar-refractivity contribution in [2.75, 3.05) is 39.9 Å². The molecule has 0 atom stereocenters. The highest BCUT2D eigenvalue weighted by Crippen LogP contribution is 2.29. The molecule has 146 valence electrons. The summed E-state index contributed by atoms with van der Waals surface area (Å²) >= 11 is 0. The van der Waals surface area contributed by atoms with Crippen molar-refractivity contribution in [3.63, 3.8) is 0 Å². The van der Waals surface area contributed by atoms with Crippen molar-refractivity contribution in [2.45, 2.75) is 40.0 Å². The van der Waals surface area contributed by atoms with Gasteiger partial charge in [0.05, 0.1) is 13.7 Å². The molecule has 0 radical (unpaired) electrons. The first-order valence-corrected chi connectivity index (χ1v) is 9.86. The van der Waals surface area contributed by atoms with Crippen molar-refractivity contribution in [1.29, 1.82) is 0 Å². The second-order valence-corrected chi connectivity index (χ2v) is 7.44. The van der Waals surface area contributed by atoms with Crippen LogP contribution in [0, 0.1) is 11.8 Å². The number of hydrogen-bond acceptors (Lipinski definition) is 4. The normalized spacial score (nSPS) is 15.3. The Balaban J connectivity index is 1.94. The lowest BCUT2D eigenvalue weighted by Crippen LogP contribution is -2.40. The average molecular weight is 363 g/mol. The quantitative estimate of drug-likeness (QED) is 0.729. The summed E-state index contributed by atoms with van der Waals surface area (Å²) < 4.78 is 11.3. The summed E-state index contributed by atoms with van der Waals surface area (Å²) in [6, 6.07) is 5.50. The van der Waals surface area contributed by atoms with Crippen molar-refractivity contribution in [2.24, 2.45) is 11.8 Å². The molecule has 1 N–H and O–H groups in total. The van der Waals surface area contributed by atoms with E-state index in [9.17, 15) is 4.79 Å². The predicted octanol–water partition coefficient (Wildman–Crippen LogP) is 3.58. The molecule has 0 spiro atoms. The van der Waals surface area contributed by atoms with Gasteiger partial charge in [-0.25, -0.2) is 0 Å². The van der Waals surface area contributed by atoms with Crippen LogP contribution < -0.4 is 14.8 Å². The zero-order chi connectivity index (χ0) is 18.9. The fraction of sp³-hybridized carbons (Fsp3) is 0.667. The van der Waals surface area contributed by atoms with Crippen LogP contribution in [0.3, 0.4) is 0 Å². The van der Waals surface area contributed by atoms with Gasteiger partial charge in [-0.05, 0) is 62.4 Å². The molecule has 0 aliphatic carbocycles. The number of amides is 1. The predicted molar refractivity (Wildman–Crippen MR) is 105 cm³/mol. The van der Waals surface area contributed by atoms with Crippen molar-refractivity contribution in [1.82, 2.24) is 10.2 Å².